The van der Waals surface area contributed by atoms with Crippen molar-refractivity contribution in [2.24, 2.45) is 5.18 Å². The Morgan fingerprint density at radius 1 is 1.57 bits per heavy atom. The number of nitriles is 1. The van der Waals surface area contributed by atoms with E-state index in [1.165, 1.54) is 13.0 Å². The minimum atomic E-state index is -0.997. The van der Waals surface area contributed by atoms with Gasteiger partial charge in [-0.05, 0) is 24.6 Å². The lowest BCUT2D eigenvalue weighted by Crippen LogP contribution is -2.05. The number of hydrogen-bond acceptors (Lipinski definition) is 4. The van der Waals surface area contributed by atoms with E-state index in [0.29, 0.717) is 11.1 Å². The quantitative estimate of drug-likeness (QED) is 0.680. The van der Waals surface area contributed by atoms with Crippen molar-refractivity contribution in [1.82, 2.24) is 0 Å². The lowest BCUT2D eigenvalue weighted by molar-refractivity contribution is -0.118. The Labute approximate surface area is 81.1 Å². The van der Waals surface area contributed by atoms with Gasteiger partial charge in [0.25, 0.3) is 0 Å². The fourth-order valence-electron chi connectivity index (χ4n) is 1.15. The maximum atomic E-state index is 11.0. The van der Waals surface area contributed by atoms with Crippen LogP contribution in [0.15, 0.2) is 29.4 Å². The Hall–Kier alpha value is -2.02. The number of benzene rings is 1. The minimum Gasteiger partial charge on any atom is -0.297 e. The van der Waals surface area contributed by atoms with Gasteiger partial charge in [-0.25, -0.2) is 0 Å². The van der Waals surface area contributed by atoms with Gasteiger partial charge in [0.15, 0.2) is 11.8 Å². The number of rotatable bonds is 3. The molecule has 0 radical (unpaired) electrons. The van der Waals surface area contributed by atoms with E-state index in [2.05, 4.69) is 5.18 Å². The maximum Gasteiger partial charge on any atom is 0.175 e. The third-order valence-corrected chi connectivity index (χ3v) is 1.82. The lowest BCUT2D eigenvalue weighted by atomic mass is 10.0. The second-order valence-electron chi connectivity index (χ2n) is 2.86. The predicted molar refractivity (Wildman–Crippen MR) is 50.4 cm³/mol. The Bertz CT molecular complexity index is 407. The normalized spacial score (nSPS) is 11.4. The molecule has 0 N–H and O–H groups in total. The number of nitroso groups, excluding NO2 is 1. The molecule has 0 saturated heterocycles. The molecule has 1 unspecified atom stereocenters. The molecule has 0 aliphatic rings. The molecule has 0 fully saturated rings. The minimum absolute atomic E-state index is 0.324. The average Bonchev–Trinajstić information content (AvgIpc) is 2.19. The van der Waals surface area contributed by atoms with Crippen molar-refractivity contribution in [2.75, 3.05) is 0 Å². The van der Waals surface area contributed by atoms with E-state index in [9.17, 15) is 9.70 Å². The van der Waals surface area contributed by atoms with Crippen molar-refractivity contribution >= 4 is 5.78 Å². The molecule has 0 aliphatic heterocycles. The van der Waals surface area contributed by atoms with E-state index in [0.717, 1.165) is 0 Å². The largest absolute Gasteiger partial charge is 0.297 e. The summed E-state index contributed by atoms with van der Waals surface area (Å²) in [5.74, 6) is -0.324. The van der Waals surface area contributed by atoms with Gasteiger partial charge in [-0.3, -0.25) is 4.79 Å². The molecule has 0 aromatic heterocycles. The summed E-state index contributed by atoms with van der Waals surface area (Å²) in [6.45, 7) is 1.30. The van der Waals surface area contributed by atoms with Crippen LogP contribution >= 0.6 is 0 Å². The zero-order valence-corrected chi connectivity index (χ0v) is 7.60. The first kappa shape index (κ1) is 10.1. The predicted octanol–water partition coefficient (Wildman–Crippen LogP) is 1.95. The number of ketones is 1. The van der Waals surface area contributed by atoms with E-state index in [1.807, 2.05) is 6.07 Å². The molecule has 0 saturated carbocycles. The SMILES string of the molecule is CC(=O)C(N=O)c1cccc(C#N)c1. The van der Waals surface area contributed by atoms with Crippen LogP contribution in [0.4, 0.5) is 0 Å². The van der Waals surface area contributed by atoms with Crippen molar-refractivity contribution in [3.05, 3.63) is 40.3 Å². The molecule has 4 nitrogen and oxygen atoms in total. The van der Waals surface area contributed by atoms with Crippen molar-refractivity contribution < 1.29 is 4.79 Å². The van der Waals surface area contributed by atoms with Crippen LogP contribution in [0.5, 0.6) is 0 Å². The molecule has 1 atom stereocenters. The monoisotopic (exact) mass is 188 g/mol. The van der Waals surface area contributed by atoms with Gasteiger partial charge in [0.1, 0.15) is 0 Å². The average molecular weight is 188 g/mol. The fourth-order valence-corrected chi connectivity index (χ4v) is 1.15. The topological polar surface area (TPSA) is 70.3 Å². The van der Waals surface area contributed by atoms with Crippen LogP contribution in [0.3, 0.4) is 0 Å². The zero-order valence-electron chi connectivity index (χ0n) is 7.60. The van der Waals surface area contributed by atoms with Crippen LogP contribution in [0, 0.1) is 16.2 Å². The first-order valence-corrected chi connectivity index (χ1v) is 4.02. The van der Waals surface area contributed by atoms with Gasteiger partial charge in [0.2, 0.25) is 0 Å². The highest BCUT2D eigenvalue weighted by Gasteiger charge is 2.16. The molecule has 0 heterocycles. The third kappa shape index (κ3) is 2.02. The Morgan fingerprint density at radius 3 is 2.79 bits per heavy atom. The van der Waals surface area contributed by atoms with E-state index in [4.69, 9.17) is 5.26 Å². The first-order valence-electron chi connectivity index (χ1n) is 4.02. The summed E-state index contributed by atoms with van der Waals surface area (Å²) in [6, 6.07) is 7.25. The summed E-state index contributed by atoms with van der Waals surface area (Å²) in [7, 11) is 0. The molecule has 0 amide bonds. The zero-order chi connectivity index (χ0) is 10.6. The van der Waals surface area contributed by atoms with Gasteiger partial charge in [-0.1, -0.05) is 17.3 Å². The molecule has 4 heteroatoms. The van der Waals surface area contributed by atoms with Crippen LogP contribution in [0.25, 0.3) is 0 Å². The fraction of sp³-hybridized carbons (Fsp3) is 0.200. The molecule has 0 aliphatic carbocycles. The van der Waals surface area contributed by atoms with Gasteiger partial charge in [0, 0.05) is 0 Å². The highest BCUT2D eigenvalue weighted by molar-refractivity contribution is 5.83. The van der Waals surface area contributed by atoms with Crippen LogP contribution in [-0.4, -0.2) is 5.78 Å². The van der Waals surface area contributed by atoms with E-state index in [-0.39, 0.29) is 5.78 Å². The summed E-state index contributed by atoms with van der Waals surface area (Å²) in [5, 5.41) is 11.3. The number of Topliss-reactive ketones (excluding diaryl/α,β-unsaturated/α-hetero) is 1. The van der Waals surface area contributed by atoms with Crippen molar-refractivity contribution in [2.45, 2.75) is 13.0 Å². The van der Waals surface area contributed by atoms with Crippen molar-refractivity contribution in [1.29, 1.82) is 5.26 Å². The van der Waals surface area contributed by atoms with Crippen LogP contribution in [0.2, 0.25) is 0 Å². The second-order valence-corrected chi connectivity index (χ2v) is 2.86. The Morgan fingerprint density at radius 2 is 2.29 bits per heavy atom. The molecule has 14 heavy (non-hydrogen) atoms. The van der Waals surface area contributed by atoms with Crippen LogP contribution in [-0.2, 0) is 4.79 Å². The molecule has 0 bridgehead atoms. The third-order valence-electron chi connectivity index (χ3n) is 1.82. The van der Waals surface area contributed by atoms with Gasteiger partial charge in [0.05, 0.1) is 11.6 Å². The Balaban J connectivity index is 3.12. The standard InChI is InChI=1S/C10H8N2O2/c1-7(13)10(12-14)9-4-2-3-8(5-9)6-11/h2-5,10H,1H3. The van der Waals surface area contributed by atoms with Gasteiger partial charge < -0.3 is 0 Å². The van der Waals surface area contributed by atoms with Gasteiger partial charge in [-0.15, -0.1) is 4.91 Å². The van der Waals surface area contributed by atoms with E-state index < -0.39 is 6.04 Å². The molecule has 1 aromatic rings. The molecular formula is C10H8N2O2. The lowest BCUT2D eigenvalue weighted by Gasteiger charge is -2.04. The summed E-state index contributed by atoms with van der Waals surface area (Å²) in [5.41, 5.74) is 0.879. The highest BCUT2D eigenvalue weighted by Crippen LogP contribution is 2.18. The van der Waals surface area contributed by atoms with Crippen molar-refractivity contribution in [3.8, 4) is 6.07 Å². The van der Waals surface area contributed by atoms with Gasteiger partial charge in [-0.2, -0.15) is 5.26 Å². The number of hydrogen-bond donors (Lipinski definition) is 0. The van der Waals surface area contributed by atoms with Gasteiger partial charge >= 0.3 is 0 Å². The molecule has 0 spiro atoms. The van der Waals surface area contributed by atoms with Crippen LogP contribution in [0.1, 0.15) is 24.1 Å². The summed E-state index contributed by atoms with van der Waals surface area (Å²) in [4.78, 5) is 21.4. The second kappa shape index (κ2) is 4.28. The van der Waals surface area contributed by atoms with E-state index in [1.54, 1.807) is 18.2 Å². The highest BCUT2D eigenvalue weighted by atomic mass is 16.3. The summed E-state index contributed by atoms with van der Waals surface area (Å²) in [6.07, 6.45) is 0. The molecular weight excluding hydrogens is 180 g/mol. The van der Waals surface area contributed by atoms with Crippen LogP contribution < -0.4 is 0 Å². The molecule has 70 valence electrons. The first-order chi connectivity index (χ1) is 6.69. The number of carbonyl (C=O) groups is 1. The summed E-state index contributed by atoms with van der Waals surface area (Å²) >= 11 is 0. The molecule has 1 aromatic carbocycles. The smallest absolute Gasteiger partial charge is 0.175 e. The van der Waals surface area contributed by atoms with E-state index >= 15 is 0 Å². The maximum absolute atomic E-state index is 11.0. The molecule has 1 rings (SSSR count). The number of nitrogens with zero attached hydrogens (tertiary/aromatic N) is 2. The number of carbonyl (C=O) groups excluding carboxylic acids is 1. The van der Waals surface area contributed by atoms with Crippen molar-refractivity contribution in [3.63, 3.8) is 0 Å². The summed E-state index contributed by atoms with van der Waals surface area (Å²) < 4.78 is 0. The Kier molecular flexibility index (Phi) is 3.08.